The quantitative estimate of drug-likeness (QED) is 0.786. The summed E-state index contributed by atoms with van der Waals surface area (Å²) < 4.78 is 13.3. The molecule has 3 rings (SSSR count). The van der Waals surface area contributed by atoms with Crippen LogP contribution in [0.4, 0.5) is 15.9 Å². The third-order valence-corrected chi connectivity index (χ3v) is 4.54. The fraction of sp³-hybridized carbons (Fsp3) is 0.267. The van der Waals surface area contributed by atoms with Crippen LogP contribution in [0.5, 0.6) is 0 Å². The molecule has 2 heterocycles. The topological polar surface area (TPSA) is 58.1 Å². The Labute approximate surface area is 146 Å². The van der Waals surface area contributed by atoms with E-state index in [-0.39, 0.29) is 23.8 Å². The summed E-state index contributed by atoms with van der Waals surface area (Å²) in [5.74, 6) is 0.271. The molecule has 5 nitrogen and oxygen atoms in total. The summed E-state index contributed by atoms with van der Waals surface area (Å²) in [4.78, 5) is 22.1. The average Bonchev–Trinajstić information content (AvgIpc) is 2.77. The van der Waals surface area contributed by atoms with Crippen LogP contribution < -0.4 is 5.32 Å². The molecular formula is C15H13BrClFN4O. The zero-order valence-electron chi connectivity index (χ0n) is 12.2. The lowest BCUT2D eigenvalue weighted by Crippen LogP contribution is -2.28. The van der Waals surface area contributed by atoms with Crippen molar-refractivity contribution in [3.05, 3.63) is 45.3 Å². The Balaban J connectivity index is 2.01. The number of rotatable bonds is 4. The highest BCUT2D eigenvalue weighted by atomic mass is 79.9. The van der Waals surface area contributed by atoms with Crippen molar-refractivity contribution in [2.75, 3.05) is 18.5 Å². The van der Waals surface area contributed by atoms with Crippen LogP contribution in [0.3, 0.4) is 0 Å². The number of nitrogens with zero attached hydrogens (tertiary/aromatic N) is 3. The molecule has 2 aromatic rings. The zero-order valence-corrected chi connectivity index (χ0v) is 14.5. The van der Waals surface area contributed by atoms with Crippen molar-refractivity contribution >= 4 is 44.9 Å². The summed E-state index contributed by atoms with van der Waals surface area (Å²) in [5.41, 5.74) is 2.01. The summed E-state index contributed by atoms with van der Waals surface area (Å²) >= 11 is 9.16. The smallest absolute Gasteiger partial charge is 0.256 e. The third kappa shape index (κ3) is 2.90. The van der Waals surface area contributed by atoms with Gasteiger partial charge in [0.2, 0.25) is 5.28 Å². The Morgan fingerprint density at radius 1 is 1.48 bits per heavy atom. The SMILES string of the molecule is CC1c2cccc(Nc3nc(Cl)ncc3Br)c2C(=O)N1CCF. The monoisotopic (exact) mass is 398 g/mol. The van der Waals surface area contributed by atoms with Gasteiger partial charge in [0.25, 0.3) is 5.91 Å². The predicted molar refractivity (Wildman–Crippen MR) is 89.9 cm³/mol. The van der Waals surface area contributed by atoms with Crippen molar-refractivity contribution in [3.8, 4) is 0 Å². The first-order chi connectivity index (χ1) is 11.0. The van der Waals surface area contributed by atoms with Crippen LogP contribution >= 0.6 is 27.5 Å². The van der Waals surface area contributed by atoms with Crippen molar-refractivity contribution < 1.29 is 9.18 Å². The van der Waals surface area contributed by atoms with Crippen molar-refractivity contribution in [1.29, 1.82) is 0 Å². The first-order valence-electron chi connectivity index (χ1n) is 6.98. The minimum Gasteiger partial charge on any atom is -0.338 e. The van der Waals surface area contributed by atoms with Gasteiger partial charge in [-0.3, -0.25) is 4.79 Å². The first-order valence-corrected chi connectivity index (χ1v) is 8.15. The number of anilines is 2. The van der Waals surface area contributed by atoms with Crippen molar-refractivity contribution in [2.24, 2.45) is 0 Å². The molecule has 1 aliphatic rings. The van der Waals surface area contributed by atoms with E-state index in [1.807, 2.05) is 19.1 Å². The predicted octanol–water partition coefficient (Wildman–Crippen LogP) is 4.12. The van der Waals surface area contributed by atoms with Gasteiger partial charge in [-0.1, -0.05) is 12.1 Å². The molecule has 0 spiro atoms. The van der Waals surface area contributed by atoms with Gasteiger partial charge in [0.05, 0.1) is 21.8 Å². The molecule has 0 bridgehead atoms. The molecule has 1 aromatic carbocycles. The number of carbonyl (C=O) groups is 1. The lowest BCUT2D eigenvalue weighted by molar-refractivity contribution is 0.0725. The van der Waals surface area contributed by atoms with Crippen molar-refractivity contribution in [1.82, 2.24) is 14.9 Å². The van der Waals surface area contributed by atoms with Crippen LogP contribution in [0, 0.1) is 0 Å². The van der Waals surface area contributed by atoms with Crippen molar-refractivity contribution in [2.45, 2.75) is 13.0 Å². The molecule has 0 fully saturated rings. The number of nitrogens with one attached hydrogen (secondary N) is 1. The molecule has 23 heavy (non-hydrogen) atoms. The molecule has 8 heteroatoms. The Hall–Kier alpha value is -1.73. The standard InChI is InChI=1S/C15H13BrClFN4O/c1-8-9-3-2-4-11(12(9)14(23)22(8)6-5-18)20-13-10(16)7-19-15(17)21-13/h2-4,7-8H,5-6H2,1H3,(H,19,20,21). The second-order valence-electron chi connectivity index (χ2n) is 5.09. The van der Waals surface area contributed by atoms with Crippen LogP contribution in [-0.2, 0) is 0 Å². The van der Waals surface area contributed by atoms with E-state index in [0.717, 1.165) is 5.56 Å². The number of hydrogen-bond donors (Lipinski definition) is 1. The molecule has 0 saturated heterocycles. The maximum absolute atomic E-state index is 12.7. The number of fused-ring (bicyclic) bond motifs is 1. The molecule has 120 valence electrons. The van der Waals surface area contributed by atoms with Gasteiger partial charge in [-0.15, -0.1) is 0 Å². The molecule has 0 saturated carbocycles. The summed E-state index contributed by atoms with van der Waals surface area (Å²) in [6.07, 6.45) is 1.53. The highest BCUT2D eigenvalue weighted by Crippen LogP contribution is 2.38. The molecule has 0 radical (unpaired) electrons. The van der Waals surface area contributed by atoms with E-state index in [0.29, 0.717) is 21.5 Å². The highest BCUT2D eigenvalue weighted by Gasteiger charge is 2.35. The summed E-state index contributed by atoms with van der Waals surface area (Å²) in [6, 6.07) is 5.35. The van der Waals surface area contributed by atoms with Crippen LogP contribution in [0.25, 0.3) is 0 Å². The van der Waals surface area contributed by atoms with Gasteiger partial charge in [-0.2, -0.15) is 4.98 Å². The number of amides is 1. The van der Waals surface area contributed by atoms with Gasteiger partial charge >= 0.3 is 0 Å². The van der Waals surface area contributed by atoms with Crippen LogP contribution in [0.2, 0.25) is 5.28 Å². The Morgan fingerprint density at radius 3 is 3.00 bits per heavy atom. The van der Waals surface area contributed by atoms with E-state index < -0.39 is 6.67 Å². The van der Waals surface area contributed by atoms with Gasteiger partial charge in [-0.05, 0) is 46.1 Å². The lowest BCUT2D eigenvalue weighted by Gasteiger charge is -2.20. The van der Waals surface area contributed by atoms with E-state index in [4.69, 9.17) is 11.6 Å². The second-order valence-corrected chi connectivity index (χ2v) is 6.29. The normalized spacial score (nSPS) is 16.6. The Kier molecular flexibility index (Phi) is 4.50. The number of benzene rings is 1. The van der Waals surface area contributed by atoms with Gasteiger partial charge in [0.1, 0.15) is 12.5 Å². The van der Waals surface area contributed by atoms with E-state index in [1.54, 1.807) is 6.07 Å². The largest absolute Gasteiger partial charge is 0.338 e. The lowest BCUT2D eigenvalue weighted by atomic mass is 10.0. The molecule has 1 atom stereocenters. The van der Waals surface area contributed by atoms with E-state index in [9.17, 15) is 9.18 Å². The van der Waals surface area contributed by atoms with Gasteiger partial charge in [0.15, 0.2) is 0 Å². The minimum atomic E-state index is -0.570. The number of aromatic nitrogens is 2. The fourth-order valence-corrected chi connectivity index (χ4v) is 3.12. The molecule has 1 amide bonds. The van der Waals surface area contributed by atoms with Gasteiger partial charge in [0, 0.05) is 12.7 Å². The molecule has 1 N–H and O–H groups in total. The summed E-state index contributed by atoms with van der Waals surface area (Å²) in [5, 5.41) is 3.20. The molecule has 1 aliphatic heterocycles. The summed E-state index contributed by atoms with van der Waals surface area (Å²) in [6.45, 7) is 1.40. The molecule has 1 aromatic heterocycles. The second kappa shape index (κ2) is 6.41. The number of halogens is 3. The Bertz CT molecular complexity index is 773. The van der Waals surface area contributed by atoms with E-state index >= 15 is 0 Å². The maximum Gasteiger partial charge on any atom is 0.256 e. The minimum absolute atomic E-state index is 0.0805. The molecular weight excluding hydrogens is 387 g/mol. The fourth-order valence-electron chi connectivity index (χ4n) is 2.70. The highest BCUT2D eigenvalue weighted by molar-refractivity contribution is 9.10. The van der Waals surface area contributed by atoms with Gasteiger partial charge in [-0.25, -0.2) is 9.37 Å². The van der Waals surface area contributed by atoms with Crippen LogP contribution in [0.1, 0.15) is 28.9 Å². The summed E-state index contributed by atoms with van der Waals surface area (Å²) in [7, 11) is 0. The maximum atomic E-state index is 12.7. The van der Waals surface area contributed by atoms with Gasteiger partial charge < -0.3 is 10.2 Å². The first kappa shape index (κ1) is 16.1. The van der Waals surface area contributed by atoms with E-state index in [1.165, 1.54) is 11.1 Å². The number of carbonyl (C=O) groups excluding carboxylic acids is 1. The molecule has 1 unspecified atom stereocenters. The van der Waals surface area contributed by atoms with Crippen LogP contribution in [-0.4, -0.2) is 34.0 Å². The van der Waals surface area contributed by atoms with E-state index in [2.05, 4.69) is 31.2 Å². The zero-order chi connectivity index (χ0) is 16.6. The molecule has 0 aliphatic carbocycles. The third-order valence-electron chi connectivity index (χ3n) is 3.78. The van der Waals surface area contributed by atoms with Crippen LogP contribution in [0.15, 0.2) is 28.9 Å². The Morgan fingerprint density at radius 2 is 2.26 bits per heavy atom. The van der Waals surface area contributed by atoms with Crippen molar-refractivity contribution in [3.63, 3.8) is 0 Å². The average molecular weight is 400 g/mol. The number of hydrogen-bond acceptors (Lipinski definition) is 4. The number of alkyl halides is 1.